The minimum atomic E-state index is -0.358. The number of piperidine rings is 1. The molecular weight excluding hydrogens is 301 g/mol. The van der Waals surface area contributed by atoms with Crippen LogP contribution in [-0.2, 0) is 16.1 Å². The molecule has 1 fully saturated rings. The molecule has 1 aromatic carbocycles. The summed E-state index contributed by atoms with van der Waals surface area (Å²) in [6, 6.07) is 4.49. The lowest BCUT2D eigenvalue weighted by Crippen LogP contribution is -2.42. The van der Waals surface area contributed by atoms with Crippen molar-refractivity contribution in [3.8, 4) is 0 Å². The lowest BCUT2D eigenvalue weighted by atomic mass is 9.97. The predicted molar refractivity (Wildman–Crippen MR) is 68.1 cm³/mol. The highest BCUT2D eigenvalue weighted by molar-refractivity contribution is 9.10. The van der Waals surface area contributed by atoms with Crippen molar-refractivity contribution >= 4 is 27.7 Å². The Morgan fingerprint density at radius 3 is 2.50 bits per heavy atom. The first-order chi connectivity index (χ1) is 8.47. The number of likely N-dealkylation sites (tertiary alicyclic amines) is 1. The van der Waals surface area contributed by atoms with E-state index in [1.807, 2.05) is 6.92 Å². The first-order valence-electron chi connectivity index (χ1n) is 5.74. The van der Waals surface area contributed by atoms with Gasteiger partial charge in [-0.15, -0.1) is 0 Å². The van der Waals surface area contributed by atoms with Crippen LogP contribution in [0.15, 0.2) is 22.7 Å². The number of nitrogens with zero attached hydrogens (tertiary/aromatic N) is 1. The van der Waals surface area contributed by atoms with E-state index < -0.39 is 0 Å². The first kappa shape index (κ1) is 13.2. The van der Waals surface area contributed by atoms with E-state index in [0.29, 0.717) is 17.3 Å². The second-order valence-electron chi connectivity index (χ2n) is 4.64. The zero-order chi connectivity index (χ0) is 13.3. The van der Waals surface area contributed by atoms with E-state index in [4.69, 9.17) is 0 Å². The van der Waals surface area contributed by atoms with Crippen LogP contribution < -0.4 is 0 Å². The fraction of sp³-hybridized carbons (Fsp3) is 0.385. The van der Waals surface area contributed by atoms with Gasteiger partial charge < -0.3 is 0 Å². The molecule has 1 aliphatic heterocycles. The van der Waals surface area contributed by atoms with E-state index >= 15 is 0 Å². The smallest absolute Gasteiger partial charge is 0.229 e. The van der Waals surface area contributed by atoms with Gasteiger partial charge in [0.15, 0.2) is 0 Å². The summed E-state index contributed by atoms with van der Waals surface area (Å²) in [7, 11) is 0. The zero-order valence-electron chi connectivity index (χ0n) is 9.95. The first-order valence-corrected chi connectivity index (χ1v) is 6.54. The highest BCUT2D eigenvalue weighted by Crippen LogP contribution is 2.23. The van der Waals surface area contributed by atoms with Crippen molar-refractivity contribution in [3.63, 3.8) is 0 Å². The van der Waals surface area contributed by atoms with Gasteiger partial charge in [0.1, 0.15) is 5.82 Å². The van der Waals surface area contributed by atoms with Crippen LogP contribution in [0, 0.1) is 11.7 Å². The third-order valence-corrected chi connectivity index (χ3v) is 3.58. The summed E-state index contributed by atoms with van der Waals surface area (Å²) in [5.74, 6) is -0.553. The molecule has 1 aliphatic rings. The van der Waals surface area contributed by atoms with Gasteiger partial charge in [0.2, 0.25) is 11.8 Å². The van der Waals surface area contributed by atoms with Gasteiger partial charge in [0.25, 0.3) is 0 Å². The summed E-state index contributed by atoms with van der Waals surface area (Å²) in [5, 5.41) is 0. The molecule has 18 heavy (non-hydrogen) atoms. The van der Waals surface area contributed by atoms with Gasteiger partial charge in [0, 0.05) is 12.8 Å². The third-order valence-electron chi connectivity index (χ3n) is 2.97. The fourth-order valence-electron chi connectivity index (χ4n) is 2.02. The second-order valence-corrected chi connectivity index (χ2v) is 5.49. The molecule has 0 unspecified atom stereocenters. The molecule has 0 atom stereocenters. The molecule has 0 aliphatic carbocycles. The number of carbonyl (C=O) groups is 2. The molecule has 0 radical (unpaired) electrons. The molecule has 0 bridgehead atoms. The van der Waals surface area contributed by atoms with Gasteiger partial charge >= 0.3 is 0 Å². The molecule has 1 aromatic rings. The van der Waals surface area contributed by atoms with Crippen molar-refractivity contribution < 1.29 is 14.0 Å². The Morgan fingerprint density at radius 2 is 1.94 bits per heavy atom. The van der Waals surface area contributed by atoms with Crippen LogP contribution >= 0.6 is 15.9 Å². The molecule has 0 N–H and O–H groups in total. The van der Waals surface area contributed by atoms with Gasteiger partial charge in [-0.25, -0.2) is 4.39 Å². The monoisotopic (exact) mass is 313 g/mol. The Kier molecular flexibility index (Phi) is 3.80. The number of hydrogen-bond acceptors (Lipinski definition) is 2. The van der Waals surface area contributed by atoms with E-state index in [1.165, 1.54) is 11.0 Å². The van der Waals surface area contributed by atoms with E-state index in [-0.39, 0.29) is 30.1 Å². The Labute approximate surface area is 113 Å². The fourth-order valence-corrected chi connectivity index (χ4v) is 2.45. The summed E-state index contributed by atoms with van der Waals surface area (Å²) in [4.78, 5) is 24.8. The van der Waals surface area contributed by atoms with Gasteiger partial charge in [0.05, 0.1) is 11.0 Å². The molecule has 2 rings (SSSR count). The van der Waals surface area contributed by atoms with Crippen LogP contribution in [0.2, 0.25) is 0 Å². The standard InChI is InChI=1S/C13H13BrFNO2/c1-8-4-12(17)16(13(18)5-8)7-9-2-3-11(15)10(14)6-9/h2-3,6,8H,4-5,7H2,1H3. The van der Waals surface area contributed by atoms with Crippen LogP contribution in [0.5, 0.6) is 0 Å². The SMILES string of the molecule is CC1CC(=O)N(Cc2ccc(F)c(Br)c2)C(=O)C1. The molecule has 3 nitrogen and oxygen atoms in total. The highest BCUT2D eigenvalue weighted by atomic mass is 79.9. The van der Waals surface area contributed by atoms with Crippen molar-refractivity contribution in [1.82, 2.24) is 4.90 Å². The number of hydrogen-bond donors (Lipinski definition) is 0. The quantitative estimate of drug-likeness (QED) is 0.787. The summed E-state index contributed by atoms with van der Waals surface area (Å²) in [5.41, 5.74) is 0.736. The van der Waals surface area contributed by atoms with Gasteiger partial charge in [-0.2, -0.15) is 0 Å². The van der Waals surface area contributed by atoms with Gasteiger partial charge in [-0.3, -0.25) is 14.5 Å². The molecule has 1 heterocycles. The highest BCUT2D eigenvalue weighted by Gasteiger charge is 2.30. The van der Waals surface area contributed by atoms with E-state index in [9.17, 15) is 14.0 Å². The Morgan fingerprint density at radius 1 is 1.33 bits per heavy atom. The summed E-state index contributed by atoms with van der Waals surface area (Å²) >= 11 is 3.09. The Hall–Kier alpha value is -1.23. The number of carbonyl (C=O) groups excluding carboxylic acids is 2. The van der Waals surface area contributed by atoms with E-state index in [1.54, 1.807) is 12.1 Å². The average Bonchev–Trinajstić information content (AvgIpc) is 2.28. The maximum absolute atomic E-state index is 13.1. The molecule has 5 heteroatoms. The van der Waals surface area contributed by atoms with Crippen LogP contribution in [0.25, 0.3) is 0 Å². The van der Waals surface area contributed by atoms with Crippen LogP contribution in [0.3, 0.4) is 0 Å². The molecule has 0 aromatic heterocycles. The zero-order valence-corrected chi connectivity index (χ0v) is 11.5. The molecule has 0 spiro atoms. The van der Waals surface area contributed by atoms with Crippen molar-refractivity contribution in [2.24, 2.45) is 5.92 Å². The topological polar surface area (TPSA) is 37.4 Å². The van der Waals surface area contributed by atoms with Crippen molar-refractivity contribution in [3.05, 3.63) is 34.1 Å². The summed E-state index contributed by atoms with van der Waals surface area (Å²) in [6.45, 7) is 2.10. The molecule has 0 saturated carbocycles. The van der Waals surface area contributed by atoms with Crippen molar-refractivity contribution in [1.29, 1.82) is 0 Å². The Balaban J connectivity index is 2.15. The predicted octanol–water partition coefficient (Wildman–Crippen LogP) is 2.87. The number of benzene rings is 1. The number of rotatable bonds is 2. The minimum Gasteiger partial charge on any atom is -0.278 e. The van der Waals surface area contributed by atoms with Crippen molar-refractivity contribution in [2.75, 3.05) is 0 Å². The lowest BCUT2D eigenvalue weighted by Gasteiger charge is -2.28. The van der Waals surface area contributed by atoms with Crippen LogP contribution in [-0.4, -0.2) is 16.7 Å². The second kappa shape index (κ2) is 5.18. The summed E-state index contributed by atoms with van der Waals surface area (Å²) < 4.78 is 13.4. The molecular formula is C13H13BrFNO2. The van der Waals surface area contributed by atoms with Gasteiger partial charge in [-0.05, 0) is 39.5 Å². The number of amides is 2. The third kappa shape index (κ3) is 2.77. The number of halogens is 2. The lowest BCUT2D eigenvalue weighted by molar-refractivity contribution is -0.150. The summed E-state index contributed by atoms with van der Waals surface area (Å²) in [6.07, 6.45) is 0.794. The van der Waals surface area contributed by atoms with Crippen LogP contribution in [0.1, 0.15) is 25.3 Å². The minimum absolute atomic E-state index is 0.112. The maximum atomic E-state index is 13.1. The Bertz CT molecular complexity index is 486. The van der Waals surface area contributed by atoms with E-state index in [0.717, 1.165) is 5.56 Å². The molecule has 96 valence electrons. The van der Waals surface area contributed by atoms with Gasteiger partial charge in [-0.1, -0.05) is 13.0 Å². The normalized spacial score (nSPS) is 17.4. The molecule has 1 saturated heterocycles. The largest absolute Gasteiger partial charge is 0.278 e. The average molecular weight is 314 g/mol. The van der Waals surface area contributed by atoms with Crippen molar-refractivity contribution in [2.45, 2.75) is 26.3 Å². The van der Waals surface area contributed by atoms with E-state index in [2.05, 4.69) is 15.9 Å². The van der Waals surface area contributed by atoms with Crippen LogP contribution in [0.4, 0.5) is 4.39 Å². The molecule has 2 amide bonds. The number of imide groups is 1. The maximum Gasteiger partial charge on any atom is 0.229 e.